The number of hydrogen-bond acceptors (Lipinski definition) is 16. The van der Waals surface area contributed by atoms with E-state index < -0.39 is 169 Å². The highest BCUT2D eigenvalue weighted by atomic mass is 35.5. The lowest BCUT2D eigenvalue weighted by molar-refractivity contribution is -0.152. The second-order valence-corrected chi connectivity index (χ2v) is 33.9. The Morgan fingerprint density at radius 1 is 0.514 bits per heavy atom. The van der Waals surface area contributed by atoms with Gasteiger partial charge in [-0.15, -0.1) is 11.6 Å². The number of aliphatic hydroxyl groups excluding tert-OH is 1. The van der Waals surface area contributed by atoms with Gasteiger partial charge in [0.1, 0.15) is 54.4 Å². The number of hydrogen-bond donors (Lipinski definition) is 6. The molecule has 12 atom stereocenters. The summed E-state index contributed by atoms with van der Waals surface area (Å²) in [6.45, 7) is 19.3. The van der Waals surface area contributed by atoms with Gasteiger partial charge in [-0.25, -0.2) is 0 Å². The van der Waals surface area contributed by atoms with Crippen LogP contribution in [0.5, 0.6) is 0 Å². The van der Waals surface area contributed by atoms with Gasteiger partial charge < -0.3 is 80.2 Å². The molecule has 0 bridgehead atoms. The molecule has 4 fully saturated rings. The molecule has 4 aliphatic rings. The number of likely N-dealkylation sites (N-methyl/N-ethyl adjacent to an activating group) is 7. The zero-order valence-electron chi connectivity index (χ0n) is 66.9. The Balaban J connectivity index is 1.97. The molecule has 2 saturated heterocycles. The fraction of sp³-hybridized carbons (Fsp3) is 0.842. The Kier molecular flexibility index (Phi) is 36.9. The van der Waals surface area contributed by atoms with Crippen molar-refractivity contribution in [2.75, 3.05) is 95.3 Å². The predicted molar refractivity (Wildman–Crippen MR) is 400 cm³/mol. The highest BCUT2D eigenvalue weighted by Crippen LogP contribution is 2.33. The van der Waals surface area contributed by atoms with E-state index in [0.717, 1.165) is 66.1 Å². The molecule has 28 nitrogen and oxygen atoms in total. The van der Waals surface area contributed by atoms with Crippen molar-refractivity contribution in [3.63, 3.8) is 0 Å². The molecular weight excluding hydrogens is 1370 g/mol. The lowest BCUT2D eigenvalue weighted by Gasteiger charge is -2.38. The van der Waals surface area contributed by atoms with Gasteiger partial charge in [0.2, 0.25) is 70.9 Å². The van der Waals surface area contributed by atoms with Crippen molar-refractivity contribution in [3.8, 4) is 0 Å². The number of ether oxygens (including phenoxy) is 2. The molecule has 4 rings (SSSR count). The molecule has 0 spiro atoms. The zero-order chi connectivity index (χ0) is 79.1. The summed E-state index contributed by atoms with van der Waals surface area (Å²) in [4.78, 5) is 190. The van der Waals surface area contributed by atoms with Gasteiger partial charge in [0.15, 0.2) is 0 Å². The van der Waals surface area contributed by atoms with Crippen LogP contribution in [0.1, 0.15) is 212 Å². The minimum absolute atomic E-state index is 0.0104. The van der Waals surface area contributed by atoms with E-state index in [1.54, 1.807) is 39.5 Å². The summed E-state index contributed by atoms with van der Waals surface area (Å²) in [7, 11) is 9.72. The second kappa shape index (κ2) is 42.5. The highest BCUT2D eigenvalue weighted by Gasteiger charge is 2.44. The Labute approximate surface area is 630 Å². The van der Waals surface area contributed by atoms with Crippen LogP contribution in [0.25, 0.3) is 0 Å². The number of nitrogens with zero attached hydrogens (tertiary/aromatic N) is 8. The van der Waals surface area contributed by atoms with Crippen molar-refractivity contribution < 1.29 is 77.2 Å². The van der Waals surface area contributed by atoms with Gasteiger partial charge in [-0.3, -0.25) is 57.5 Å². The number of likely N-dealkylation sites (tertiary alicyclic amines) is 1. The third kappa shape index (κ3) is 29.4. The molecule has 2 aliphatic heterocycles. The Hall–Kier alpha value is -6.23. The number of aliphatic hydroxyl groups is 2. The summed E-state index contributed by atoms with van der Waals surface area (Å²) in [6.07, 6.45) is 8.60. The molecule has 2 unspecified atom stereocenters. The van der Waals surface area contributed by atoms with Gasteiger partial charge in [-0.2, -0.15) is 0 Å². The molecule has 6 N–H and O–H groups in total. The van der Waals surface area contributed by atoms with Crippen LogP contribution in [0.3, 0.4) is 0 Å². The monoisotopic (exact) mass is 1500 g/mol. The number of rotatable bonds is 20. The third-order valence-corrected chi connectivity index (χ3v) is 21.3. The lowest BCUT2D eigenvalue weighted by Crippen LogP contribution is -2.62. The third-order valence-electron chi connectivity index (χ3n) is 20.9. The van der Waals surface area contributed by atoms with Crippen molar-refractivity contribution >= 4 is 82.5 Å². The van der Waals surface area contributed by atoms with E-state index in [1.165, 1.54) is 75.9 Å². The van der Waals surface area contributed by atoms with Crippen molar-refractivity contribution in [1.82, 2.24) is 60.5 Å². The van der Waals surface area contributed by atoms with Crippen LogP contribution < -0.4 is 21.3 Å². The molecule has 0 aromatic rings. The summed E-state index contributed by atoms with van der Waals surface area (Å²) in [5, 5.41) is 33.0. The maximum absolute atomic E-state index is 15.5. The number of nitrogens with one attached hydrogen (secondary N) is 4. The smallest absolute Gasteiger partial charge is 0.248 e. The van der Waals surface area contributed by atoms with Crippen LogP contribution in [0, 0.1) is 29.6 Å². The molecule has 29 heteroatoms. The molecule has 600 valence electrons. The van der Waals surface area contributed by atoms with Gasteiger partial charge in [0.05, 0.1) is 50.0 Å². The SMILES string of the molecule is CC(C)C[C@H]1C(=O)N[C@@H]([C@@H](C)O)C(=O)N(C)CC(=O)N(C)[C@@H](CC2CCCC(Cl)C2)C(=O)N(C)[C@@H](CC(C)C)C(=O)N[C@@H](COC(C)(C)C)C(=O)N(C)[C@@H](CC(C)C)C(=O)N[C@H](C(=O)N2CCCCC2)CC(=O)N(C)CC(=O)N(C)[C@@H](CCC2CCCCC2)C(=O)N[C@@H](COCCC(C)(C)O)C(=O)N1C. The molecule has 0 aromatic heterocycles. The number of alkyl halides is 1. The van der Waals surface area contributed by atoms with Gasteiger partial charge >= 0.3 is 0 Å². The first-order chi connectivity index (χ1) is 48.9. The van der Waals surface area contributed by atoms with Crippen molar-refractivity contribution in [2.24, 2.45) is 29.6 Å². The Morgan fingerprint density at radius 2 is 0.971 bits per heavy atom. The first-order valence-electron chi connectivity index (χ1n) is 38.5. The van der Waals surface area contributed by atoms with Gasteiger partial charge in [-0.05, 0) is 148 Å². The first-order valence-corrected chi connectivity index (χ1v) is 38.9. The van der Waals surface area contributed by atoms with Gasteiger partial charge in [0.25, 0.3) is 0 Å². The molecular formula is C76H133ClN12O16. The summed E-state index contributed by atoms with van der Waals surface area (Å²) in [6, 6.07) is -12.6. The van der Waals surface area contributed by atoms with Crippen LogP contribution in [-0.2, 0) is 67.0 Å². The summed E-state index contributed by atoms with van der Waals surface area (Å²) in [5.74, 6) is -9.54. The average Bonchev–Trinajstić information content (AvgIpc) is 0.826. The van der Waals surface area contributed by atoms with Crippen molar-refractivity contribution in [1.29, 1.82) is 0 Å². The lowest BCUT2D eigenvalue weighted by atomic mass is 9.83. The molecule has 2 heterocycles. The standard InChI is InChI=1S/C76H133ClN12O16/c1-47(2)37-58-67(95)78-54(72(100)89-34-24-21-25-35-89)42-62(91)82(13)43-63(92)84(15)57(32-31-51-27-22-20-23-28-51)66(94)79-55(45-104-36-33-76(11,12)103)70(98)87(18)60(39-49(5)6)69(97)81-65(50(7)90)74(102)83(14)44-64(93)85(16)61(41-52-29-26-30-53(77)40-52)73(101)88(19)59(38-48(3)4)68(96)80-56(71(99)86(58)17)46-105-75(8,9)10/h47-61,65,90,103H,20-46H2,1-19H3,(H,78,95)(H,79,94)(H,80,96)(H,81,97)/t50-,52?,53?,54+,55+,56+,57+,58+,59+,60+,61+,65+/m1/s1. The normalized spacial score (nSPS) is 27.4. The zero-order valence-corrected chi connectivity index (χ0v) is 67.7. The van der Waals surface area contributed by atoms with Crippen molar-refractivity contribution in [3.05, 3.63) is 0 Å². The largest absolute Gasteiger partial charge is 0.391 e. The number of piperidine rings is 1. The van der Waals surface area contributed by atoms with E-state index in [2.05, 4.69) is 21.3 Å². The van der Waals surface area contributed by atoms with Gasteiger partial charge in [0, 0.05) is 74.4 Å². The maximum Gasteiger partial charge on any atom is 0.248 e. The number of carbonyl (C=O) groups is 12. The Morgan fingerprint density at radius 3 is 1.47 bits per heavy atom. The molecule has 105 heavy (non-hydrogen) atoms. The van der Waals surface area contributed by atoms with Crippen molar-refractivity contribution in [2.45, 2.75) is 289 Å². The molecule has 2 aliphatic carbocycles. The quantitative estimate of drug-likeness (QED) is 0.0724. The number of carbonyl (C=O) groups excluding carboxylic acids is 12. The van der Waals surface area contributed by atoms with E-state index in [4.69, 9.17) is 21.1 Å². The van der Waals surface area contributed by atoms with Crippen LogP contribution in [-0.4, -0.2) is 293 Å². The first kappa shape index (κ1) is 91.2. The fourth-order valence-corrected chi connectivity index (χ4v) is 14.7. The number of halogens is 1. The van der Waals surface area contributed by atoms with E-state index in [9.17, 15) is 39.0 Å². The predicted octanol–water partition coefficient (Wildman–Crippen LogP) is 4.45. The molecule has 2 saturated carbocycles. The second-order valence-electron chi connectivity index (χ2n) is 33.3. The summed E-state index contributed by atoms with van der Waals surface area (Å²) in [5.41, 5.74) is -2.04. The maximum atomic E-state index is 15.5. The fourth-order valence-electron chi connectivity index (χ4n) is 14.3. The average molecular weight is 1510 g/mol. The number of amides is 12. The minimum Gasteiger partial charge on any atom is -0.391 e. The molecule has 0 radical (unpaired) electrons. The van der Waals surface area contributed by atoms with Crippen LogP contribution in [0.15, 0.2) is 0 Å². The van der Waals surface area contributed by atoms with Crippen LogP contribution in [0.4, 0.5) is 0 Å². The van der Waals surface area contributed by atoms with E-state index >= 15 is 28.8 Å². The Bertz CT molecular complexity index is 2890. The van der Waals surface area contributed by atoms with E-state index in [1.807, 2.05) is 41.5 Å². The molecule has 0 aromatic carbocycles. The minimum atomic E-state index is -1.69. The van der Waals surface area contributed by atoms with Crippen LogP contribution >= 0.6 is 11.6 Å². The van der Waals surface area contributed by atoms with E-state index in [-0.39, 0.29) is 86.7 Å². The van der Waals surface area contributed by atoms with Crippen LogP contribution in [0.2, 0.25) is 0 Å². The van der Waals surface area contributed by atoms with Gasteiger partial charge in [-0.1, -0.05) is 86.5 Å². The summed E-state index contributed by atoms with van der Waals surface area (Å²) < 4.78 is 12.2. The topological polar surface area (TPSA) is 338 Å². The summed E-state index contributed by atoms with van der Waals surface area (Å²) >= 11 is 6.75. The van der Waals surface area contributed by atoms with E-state index in [0.29, 0.717) is 45.2 Å². The molecule has 12 amide bonds. The highest BCUT2D eigenvalue weighted by molar-refractivity contribution is 6.20.